The fourth-order valence-corrected chi connectivity index (χ4v) is 3.79. The summed E-state index contributed by atoms with van der Waals surface area (Å²) in [5.74, 6) is 0.174. The van der Waals surface area contributed by atoms with Gasteiger partial charge in [0.05, 0.1) is 19.8 Å². The van der Waals surface area contributed by atoms with E-state index in [1.165, 1.54) is 13.2 Å². The molecule has 9 heteroatoms. The largest absolute Gasteiger partial charge is 0.475 e. The zero-order valence-corrected chi connectivity index (χ0v) is 17.9. The van der Waals surface area contributed by atoms with Gasteiger partial charge in [-0.3, -0.25) is 18.5 Å². The highest BCUT2D eigenvalue weighted by Crippen LogP contribution is 2.51. The molecule has 31 heavy (non-hydrogen) atoms. The van der Waals surface area contributed by atoms with Crippen LogP contribution in [0.3, 0.4) is 0 Å². The van der Waals surface area contributed by atoms with E-state index in [4.69, 9.17) is 13.6 Å². The molecule has 2 aromatic carbocycles. The summed E-state index contributed by atoms with van der Waals surface area (Å²) >= 11 is 0. The molecule has 3 rings (SSSR count). The molecule has 162 valence electrons. The van der Waals surface area contributed by atoms with E-state index in [1.807, 2.05) is 60.7 Å². The van der Waals surface area contributed by atoms with Gasteiger partial charge in [0.25, 0.3) is 0 Å². The van der Waals surface area contributed by atoms with Crippen LogP contribution >= 0.6 is 7.82 Å². The van der Waals surface area contributed by atoms with Gasteiger partial charge in [0.1, 0.15) is 5.82 Å². The number of nitrogens with zero attached hydrogens (tertiary/aromatic N) is 2. The fourth-order valence-electron chi connectivity index (χ4n) is 2.65. The number of pyridine rings is 1. The minimum absolute atomic E-state index is 0.0296. The van der Waals surface area contributed by atoms with Gasteiger partial charge in [-0.25, -0.2) is 14.3 Å². The van der Waals surface area contributed by atoms with Gasteiger partial charge in [-0.1, -0.05) is 66.7 Å². The van der Waals surface area contributed by atoms with E-state index in [2.05, 4.69) is 4.98 Å². The molecule has 0 atom stereocenters. The Bertz CT molecular complexity index is 985. The van der Waals surface area contributed by atoms with Gasteiger partial charge < -0.3 is 5.11 Å². The SMILES string of the molecule is CN(C(=O)O)c1ncccc1COP(=O)(OCc1ccccc1)OCc1ccccc1. The molecule has 1 N–H and O–H groups in total. The summed E-state index contributed by atoms with van der Waals surface area (Å²) in [4.78, 5) is 16.4. The van der Waals surface area contributed by atoms with E-state index in [0.717, 1.165) is 16.0 Å². The molecule has 0 saturated carbocycles. The van der Waals surface area contributed by atoms with Gasteiger partial charge in [-0.15, -0.1) is 0 Å². The van der Waals surface area contributed by atoms with Crippen LogP contribution in [0.4, 0.5) is 10.6 Å². The topological polar surface area (TPSA) is 98.2 Å². The number of carboxylic acid groups (broad SMARTS) is 1. The lowest BCUT2D eigenvalue weighted by molar-refractivity contribution is 0.0979. The molecule has 0 aliphatic heterocycles. The molecule has 0 fully saturated rings. The summed E-state index contributed by atoms with van der Waals surface area (Å²) < 4.78 is 30.0. The van der Waals surface area contributed by atoms with Crippen molar-refractivity contribution in [3.8, 4) is 0 Å². The predicted molar refractivity (Wildman–Crippen MR) is 116 cm³/mol. The van der Waals surface area contributed by atoms with Crippen LogP contribution in [0.15, 0.2) is 79.0 Å². The summed E-state index contributed by atoms with van der Waals surface area (Å²) in [6.45, 7) is -0.148. The van der Waals surface area contributed by atoms with Crippen LogP contribution in [-0.4, -0.2) is 23.2 Å². The van der Waals surface area contributed by atoms with Crippen LogP contribution in [0.1, 0.15) is 16.7 Å². The number of amides is 1. The Kier molecular flexibility index (Phi) is 7.92. The molecular weight excluding hydrogens is 419 g/mol. The molecule has 0 unspecified atom stereocenters. The molecule has 0 saturated heterocycles. The van der Waals surface area contributed by atoms with Gasteiger partial charge in [0.15, 0.2) is 0 Å². The molecule has 1 aromatic heterocycles. The first kappa shape index (κ1) is 22.7. The van der Waals surface area contributed by atoms with Crippen molar-refractivity contribution in [2.24, 2.45) is 0 Å². The Labute approximate surface area is 180 Å². The molecule has 3 aromatic rings. The third kappa shape index (κ3) is 6.73. The van der Waals surface area contributed by atoms with Gasteiger partial charge in [0.2, 0.25) is 0 Å². The van der Waals surface area contributed by atoms with Crippen molar-refractivity contribution in [3.05, 3.63) is 95.7 Å². The molecular formula is C22H23N2O6P. The second-order valence-electron chi connectivity index (χ2n) is 6.57. The van der Waals surface area contributed by atoms with Crippen molar-refractivity contribution in [2.45, 2.75) is 19.8 Å². The number of hydrogen-bond acceptors (Lipinski definition) is 6. The van der Waals surface area contributed by atoms with E-state index in [0.29, 0.717) is 5.56 Å². The molecule has 0 aliphatic carbocycles. The standard InChI is InChI=1S/C22H23N2O6P/c1-24(22(25)26)21-20(13-8-14-23-21)17-30-31(27,28-15-18-9-4-2-5-10-18)29-16-19-11-6-3-7-12-19/h2-14H,15-17H2,1H3,(H,25,26). The second-order valence-corrected chi connectivity index (χ2v) is 8.24. The minimum Gasteiger partial charge on any atom is -0.465 e. The van der Waals surface area contributed by atoms with Crippen LogP contribution in [0, 0.1) is 0 Å². The van der Waals surface area contributed by atoms with Crippen LogP contribution < -0.4 is 4.90 Å². The summed E-state index contributed by atoms with van der Waals surface area (Å²) in [6.07, 6.45) is 0.291. The van der Waals surface area contributed by atoms with Crippen LogP contribution in [-0.2, 0) is 38.0 Å². The summed E-state index contributed by atoms with van der Waals surface area (Å²) in [6, 6.07) is 21.7. The molecule has 0 radical (unpaired) electrons. The monoisotopic (exact) mass is 442 g/mol. The highest BCUT2D eigenvalue weighted by Gasteiger charge is 2.28. The van der Waals surface area contributed by atoms with E-state index in [1.54, 1.807) is 12.1 Å². The lowest BCUT2D eigenvalue weighted by Gasteiger charge is -2.20. The number of hydrogen-bond donors (Lipinski definition) is 1. The fraction of sp³-hybridized carbons (Fsp3) is 0.182. The zero-order chi connectivity index (χ0) is 22.1. The van der Waals surface area contributed by atoms with Gasteiger partial charge in [-0.05, 0) is 17.2 Å². The number of rotatable bonds is 10. The first-order valence-electron chi connectivity index (χ1n) is 9.49. The first-order chi connectivity index (χ1) is 15.0. The van der Waals surface area contributed by atoms with Gasteiger partial charge in [-0.2, -0.15) is 0 Å². The number of benzene rings is 2. The van der Waals surface area contributed by atoms with Gasteiger partial charge in [0, 0.05) is 18.8 Å². The summed E-state index contributed by atoms with van der Waals surface area (Å²) in [7, 11) is -2.62. The van der Waals surface area contributed by atoms with Crippen LogP contribution in [0.2, 0.25) is 0 Å². The Hall–Kier alpha value is -3.03. The third-order valence-electron chi connectivity index (χ3n) is 4.31. The number of phosphoric ester groups is 1. The Morgan fingerprint density at radius 3 is 1.90 bits per heavy atom. The lowest BCUT2D eigenvalue weighted by atomic mass is 10.2. The molecule has 0 spiro atoms. The lowest BCUT2D eigenvalue weighted by Crippen LogP contribution is -2.26. The van der Waals surface area contributed by atoms with Crippen molar-refractivity contribution in [2.75, 3.05) is 11.9 Å². The van der Waals surface area contributed by atoms with Crippen LogP contribution in [0.5, 0.6) is 0 Å². The number of phosphoric acid groups is 1. The molecule has 1 heterocycles. The minimum atomic E-state index is -3.98. The molecule has 1 amide bonds. The number of carbonyl (C=O) groups is 1. The molecule has 0 bridgehead atoms. The number of anilines is 1. The van der Waals surface area contributed by atoms with Crippen molar-refractivity contribution in [1.82, 2.24) is 4.98 Å². The maximum atomic E-state index is 13.3. The quantitative estimate of drug-likeness (QED) is 0.428. The van der Waals surface area contributed by atoms with E-state index in [9.17, 15) is 14.5 Å². The Morgan fingerprint density at radius 2 is 1.39 bits per heavy atom. The van der Waals surface area contributed by atoms with Crippen molar-refractivity contribution in [3.63, 3.8) is 0 Å². The van der Waals surface area contributed by atoms with Crippen molar-refractivity contribution >= 4 is 19.7 Å². The Balaban J connectivity index is 1.74. The van der Waals surface area contributed by atoms with E-state index >= 15 is 0 Å². The zero-order valence-electron chi connectivity index (χ0n) is 17.0. The average Bonchev–Trinajstić information content (AvgIpc) is 2.81. The third-order valence-corrected chi connectivity index (χ3v) is 5.65. The van der Waals surface area contributed by atoms with Crippen molar-refractivity contribution < 1.29 is 28.0 Å². The predicted octanol–water partition coefficient (Wildman–Crippen LogP) is 5.25. The highest BCUT2D eigenvalue weighted by molar-refractivity contribution is 7.48. The van der Waals surface area contributed by atoms with E-state index in [-0.39, 0.29) is 25.6 Å². The Morgan fingerprint density at radius 1 is 0.871 bits per heavy atom. The smallest absolute Gasteiger partial charge is 0.465 e. The van der Waals surface area contributed by atoms with Crippen LogP contribution in [0.25, 0.3) is 0 Å². The normalized spacial score (nSPS) is 11.3. The summed E-state index contributed by atoms with van der Waals surface area (Å²) in [5, 5.41) is 9.25. The summed E-state index contributed by atoms with van der Waals surface area (Å²) in [5.41, 5.74) is 2.05. The molecule has 0 aliphatic rings. The van der Waals surface area contributed by atoms with Crippen molar-refractivity contribution in [1.29, 1.82) is 0 Å². The number of aromatic nitrogens is 1. The first-order valence-corrected chi connectivity index (χ1v) is 10.9. The highest BCUT2D eigenvalue weighted by atomic mass is 31.2. The maximum absolute atomic E-state index is 13.3. The van der Waals surface area contributed by atoms with Gasteiger partial charge >= 0.3 is 13.9 Å². The maximum Gasteiger partial charge on any atom is 0.475 e. The van der Waals surface area contributed by atoms with E-state index < -0.39 is 13.9 Å². The second kappa shape index (κ2) is 10.8. The average molecular weight is 442 g/mol. The molecule has 8 nitrogen and oxygen atoms in total.